The van der Waals surface area contributed by atoms with Crippen molar-refractivity contribution in [3.8, 4) is 11.5 Å². The van der Waals surface area contributed by atoms with Crippen LogP contribution < -0.4 is 14.8 Å². The summed E-state index contributed by atoms with van der Waals surface area (Å²) in [6.45, 7) is 0. The van der Waals surface area contributed by atoms with E-state index in [1.165, 1.54) is 31.8 Å². The highest BCUT2D eigenvalue weighted by Gasteiger charge is 2.16. The molecule has 0 fully saturated rings. The van der Waals surface area contributed by atoms with Crippen molar-refractivity contribution < 1.29 is 14.3 Å². The Kier molecular flexibility index (Phi) is 4.44. The topological polar surface area (TPSA) is 47.6 Å². The van der Waals surface area contributed by atoms with Crippen molar-refractivity contribution in [2.24, 2.45) is 0 Å². The lowest BCUT2D eigenvalue weighted by atomic mass is 10.1. The van der Waals surface area contributed by atoms with Gasteiger partial charge in [0.1, 0.15) is 0 Å². The Bertz CT molecular complexity index is 758. The van der Waals surface area contributed by atoms with E-state index >= 15 is 0 Å². The van der Waals surface area contributed by atoms with E-state index in [0.717, 1.165) is 18.5 Å². The first-order chi connectivity index (χ1) is 11.1. The molecule has 0 radical (unpaired) electrons. The van der Waals surface area contributed by atoms with Crippen LogP contribution in [-0.4, -0.2) is 20.1 Å². The van der Waals surface area contributed by atoms with Gasteiger partial charge in [-0.3, -0.25) is 4.79 Å². The fourth-order valence-corrected chi connectivity index (χ4v) is 3.19. The van der Waals surface area contributed by atoms with Gasteiger partial charge in [0.2, 0.25) is 0 Å². The highest BCUT2D eigenvalue weighted by Crippen LogP contribution is 2.36. The number of fused-ring (bicyclic) bond motifs is 1. The normalized spacial score (nSPS) is 12.7. The molecule has 3 rings (SSSR count). The van der Waals surface area contributed by atoms with Crippen LogP contribution in [0.2, 0.25) is 5.02 Å². The smallest absolute Gasteiger partial charge is 0.255 e. The van der Waals surface area contributed by atoms with Gasteiger partial charge in [-0.05, 0) is 54.7 Å². The lowest BCUT2D eigenvalue weighted by Crippen LogP contribution is -2.12. The van der Waals surface area contributed by atoms with Crippen LogP contribution in [0.5, 0.6) is 11.5 Å². The molecular formula is C18H18ClNO3. The van der Waals surface area contributed by atoms with Crippen molar-refractivity contribution in [1.29, 1.82) is 0 Å². The summed E-state index contributed by atoms with van der Waals surface area (Å²) in [6, 6.07) is 9.26. The minimum absolute atomic E-state index is 0.231. The second-order valence-corrected chi connectivity index (χ2v) is 5.89. The Morgan fingerprint density at radius 3 is 2.61 bits per heavy atom. The Balaban J connectivity index is 1.84. The first-order valence-electron chi connectivity index (χ1n) is 7.47. The van der Waals surface area contributed by atoms with Gasteiger partial charge in [-0.25, -0.2) is 0 Å². The molecule has 2 aromatic carbocycles. The molecule has 0 unspecified atom stereocenters. The molecule has 1 amide bonds. The second-order valence-electron chi connectivity index (χ2n) is 5.48. The summed E-state index contributed by atoms with van der Waals surface area (Å²) >= 11 is 6.15. The molecule has 0 spiro atoms. The maximum Gasteiger partial charge on any atom is 0.255 e. The van der Waals surface area contributed by atoms with Gasteiger partial charge < -0.3 is 14.8 Å². The van der Waals surface area contributed by atoms with Crippen molar-refractivity contribution in [3.63, 3.8) is 0 Å². The maximum atomic E-state index is 12.5. The van der Waals surface area contributed by atoms with Crippen LogP contribution in [0.25, 0.3) is 0 Å². The summed E-state index contributed by atoms with van der Waals surface area (Å²) in [5, 5.41) is 3.25. The van der Waals surface area contributed by atoms with Gasteiger partial charge in [-0.15, -0.1) is 0 Å². The van der Waals surface area contributed by atoms with Crippen LogP contribution in [0, 0.1) is 0 Å². The van der Waals surface area contributed by atoms with E-state index in [-0.39, 0.29) is 5.91 Å². The number of ether oxygens (including phenoxy) is 2. The number of anilines is 1. The number of amides is 1. The highest BCUT2D eigenvalue weighted by atomic mass is 35.5. The van der Waals surface area contributed by atoms with Gasteiger partial charge >= 0.3 is 0 Å². The lowest BCUT2D eigenvalue weighted by Gasteiger charge is -2.12. The molecule has 1 aliphatic carbocycles. The number of hydrogen-bond donors (Lipinski definition) is 1. The standard InChI is InChI=1S/C18H18ClNO3/c1-22-16-10-13(9-15(19)17(16)23-2)18(21)20-14-7-6-11-4-3-5-12(11)8-14/h6-10H,3-5H2,1-2H3,(H,20,21). The first kappa shape index (κ1) is 15.7. The number of methoxy groups -OCH3 is 2. The van der Waals surface area contributed by atoms with Crippen molar-refractivity contribution in [2.45, 2.75) is 19.3 Å². The van der Waals surface area contributed by atoms with E-state index in [1.54, 1.807) is 12.1 Å². The van der Waals surface area contributed by atoms with Crippen molar-refractivity contribution in [2.75, 3.05) is 19.5 Å². The van der Waals surface area contributed by atoms with Crippen molar-refractivity contribution in [3.05, 3.63) is 52.0 Å². The monoisotopic (exact) mass is 331 g/mol. The molecule has 1 aliphatic rings. The maximum absolute atomic E-state index is 12.5. The Labute approximate surface area is 140 Å². The van der Waals surface area contributed by atoms with E-state index in [4.69, 9.17) is 21.1 Å². The fraction of sp³-hybridized carbons (Fsp3) is 0.278. The van der Waals surface area contributed by atoms with E-state index in [0.29, 0.717) is 22.1 Å². The minimum atomic E-state index is -0.231. The van der Waals surface area contributed by atoms with Crippen LogP contribution in [0.1, 0.15) is 27.9 Å². The number of carbonyl (C=O) groups is 1. The van der Waals surface area contributed by atoms with Crippen LogP contribution in [0.3, 0.4) is 0 Å². The Morgan fingerprint density at radius 2 is 1.87 bits per heavy atom. The van der Waals surface area contributed by atoms with E-state index in [2.05, 4.69) is 11.4 Å². The summed E-state index contributed by atoms with van der Waals surface area (Å²) in [5.74, 6) is 0.619. The van der Waals surface area contributed by atoms with Gasteiger partial charge in [0.15, 0.2) is 11.5 Å². The van der Waals surface area contributed by atoms with E-state index < -0.39 is 0 Å². The number of rotatable bonds is 4. The predicted molar refractivity (Wildman–Crippen MR) is 91.0 cm³/mol. The summed E-state index contributed by atoms with van der Waals surface area (Å²) in [4.78, 5) is 12.5. The zero-order chi connectivity index (χ0) is 16.4. The molecule has 0 aliphatic heterocycles. The van der Waals surface area contributed by atoms with Gasteiger partial charge in [0.05, 0.1) is 19.2 Å². The van der Waals surface area contributed by atoms with Crippen LogP contribution in [0.4, 0.5) is 5.69 Å². The van der Waals surface area contributed by atoms with Crippen LogP contribution >= 0.6 is 11.6 Å². The molecule has 0 bridgehead atoms. The Morgan fingerprint density at radius 1 is 1.09 bits per heavy atom. The minimum Gasteiger partial charge on any atom is -0.493 e. The third kappa shape index (κ3) is 3.13. The summed E-state index contributed by atoms with van der Waals surface area (Å²) in [5.41, 5.74) is 3.90. The molecular weight excluding hydrogens is 314 g/mol. The van der Waals surface area contributed by atoms with Gasteiger partial charge in [0.25, 0.3) is 5.91 Å². The molecule has 23 heavy (non-hydrogen) atoms. The average molecular weight is 332 g/mol. The number of nitrogens with one attached hydrogen (secondary N) is 1. The number of halogens is 1. The van der Waals surface area contributed by atoms with Gasteiger partial charge in [-0.2, -0.15) is 0 Å². The molecule has 0 heterocycles. The van der Waals surface area contributed by atoms with Crippen LogP contribution in [-0.2, 0) is 12.8 Å². The Hall–Kier alpha value is -2.20. The largest absolute Gasteiger partial charge is 0.493 e. The third-order valence-corrected chi connectivity index (χ3v) is 4.33. The summed E-state index contributed by atoms with van der Waals surface area (Å²) < 4.78 is 10.4. The fourth-order valence-electron chi connectivity index (χ4n) is 2.90. The molecule has 0 saturated carbocycles. The van der Waals surface area contributed by atoms with E-state index in [9.17, 15) is 4.79 Å². The zero-order valence-electron chi connectivity index (χ0n) is 13.1. The lowest BCUT2D eigenvalue weighted by molar-refractivity contribution is 0.102. The highest BCUT2D eigenvalue weighted by molar-refractivity contribution is 6.32. The van der Waals surface area contributed by atoms with Crippen molar-refractivity contribution in [1.82, 2.24) is 0 Å². The zero-order valence-corrected chi connectivity index (χ0v) is 13.9. The summed E-state index contributed by atoms with van der Waals surface area (Å²) in [6.07, 6.45) is 3.37. The summed E-state index contributed by atoms with van der Waals surface area (Å²) in [7, 11) is 3.02. The van der Waals surface area contributed by atoms with Gasteiger partial charge in [-0.1, -0.05) is 17.7 Å². The average Bonchev–Trinajstić information content (AvgIpc) is 3.01. The SMILES string of the molecule is COc1cc(C(=O)Nc2ccc3c(c2)CCC3)cc(Cl)c1OC. The molecule has 1 N–H and O–H groups in total. The van der Waals surface area contributed by atoms with E-state index in [1.807, 2.05) is 12.1 Å². The quantitative estimate of drug-likeness (QED) is 0.917. The molecule has 0 saturated heterocycles. The van der Waals surface area contributed by atoms with Gasteiger partial charge in [0, 0.05) is 11.3 Å². The number of benzene rings is 2. The number of hydrogen-bond acceptors (Lipinski definition) is 3. The predicted octanol–water partition coefficient (Wildman–Crippen LogP) is 4.10. The molecule has 4 nitrogen and oxygen atoms in total. The van der Waals surface area contributed by atoms with Crippen molar-refractivity contribution >= 4 is 23.2 Å². The number of aryl methyl sites for hydroxylation is 2. The number of carbonyl (C=O) groups excluding carboxylic acids is 1. The molecule has 0 aromatic heterocycles. The second kappa shape index (κ2) is 6.50. The molecule has 0 atom stereocenters. The molecule has 120 valence electrons. The first-order valence-corrected chi connectivity index (χ1v) is 7.85. The molecule has 2 aromatic rings. The molecule has 5 heteroatoms. The third-order valence-electron chi connectivity index (χ3n) is 4.05. The van der Waals surface area contributed by atoms with Crippen LogP contribution in [0.15, 0.2) is 30.3 Å².